The molecule has 2 aliphatic rings. The Morgan fingerprint density at radius 3 is 2.43 bits per heavy atom. The summed E-state index contributed by atoms with van der Waals surface area (Å²) in [7, 11) is -2.97. The molecule has 28 heavy (non-hydrogen) atoms. The van der Waals surface area contributed by atoms with E-state index < -0.39 is 9.84 Å². The van der Waals surface area contributed by atoms with E-state index in [9.17, 15) is 18.0 Å². The minimum Gasteiger partial charge on any atom is -0.356 e. The molecule has 1 unspecified atom stereocenters. The number of aromatic nitrogens is 1. The van der Waals surface area contributed by atoms with Crippen molar-refractivity contribution in [1.82, 2.24) is 14.8 Å². The highest BCUT2D eigenvalue weighted by molar-refractivity contribution is 7.91. The van der Waals surface area contributed by atoms with E-state index in [2.05, 4.69) is 10.2 Å². The predicted molar refractivity (Wildman–Crippen MR) is 108 cm³/mol. The Labute approximate surface area is 167 Å². The van der Waals surface area contributed by atoms with Crippen LogP contribution in [0.1, 0.15) is 54.0 Å². The van der Waals surface area contributed by atoms with Gasteiger partial charge in [-0.1, -0.05) is 0 Å². The van der Waals surface area contributed by atoms with Crippen molar-refractivity contribution in [3.63, 3.8) is 0 Å². The smallest absolute Gasteiger partial charge is 0.223 e. The van der Waals surface area contributed by atoms with Crippen LogP contribution in [0.2, 0.25) is 0 Å². The van der Waals surface area contributed by atoms with Crippen LogP contribution in [0.3, 0.4) is 0 Å². The van der Waals surface area contributed by atoms with Crippen LogP contribution >= 0.6 is 0 Å². The summed E-state index contributed by atoms with van der Waals surface area (Å²) in [4.78, 5) is 27.0. The summed E-state index contributed by atoms with van der Waals surface area (Å²) in [5.41, 5.74) is 2.49. The molecular weight excluding hydrogens is 378 g/mol. The van der Waals surface area contributed by atoms with Gasteiger partial charge in [0.2, 0.25) is 5.91 Å². The van der Waals surface area contributed by atoms with Crippen molar-refractivity contribution in [3.8, 4) is 0 Å². The number of amides is 1. The average Bonchev–Trinajstić information content (AvgIpc) is 3.14. The summed E-state index contributed by atoms with van der Waals surface area (Å²) in [5, 5.41) is 2.88. The van der Waals surface area contributed by atoms with E-state index in [1.54, 1.807) is 0 Å². The van der Waals surface area contributed by atoms with Crippen LogP contribution in [0.25, 0.3) is 0 Å². The zero-order chi connectivity index (χ0) is 20.5. The molecule has 1 amide bonds. The Morgan fingerprint density at radius 1 is 1.18 bits per heavy atom. The number of rotatable bonds is 6. The van der Waals surface area contributed by atoms with E-state index in [1.807, 2.05) is 31.4 Å². The van der Waals surface area contributed by atoms with Gasteiger partial charge in [-0.3, -0.25) is 14.5 Å². The van der Waals surface area contributed by atoms with Crippen LogP contribution < -0.4 is 5.32 Å². The van der Waals surface area contributed by atoms with Gasteiger partial charge in [0.15, 0.2) is 15.6 Å². The number of carbonyl (C=O) groups excluding carboxylic acids is 2. The van der Waals surface area contributed by atoms with Gasteiger partial charge in [-0.2, -0.15) is 0 Å². The van der Waals surface area contributed by atoms with Gasteiger partial charge in [0.25, 0.3) is 0 Å². The van der Waals surface area contributed by atoms with E-state index in [0.29, 0.717) is 25.1 Å². The number of Topliss-reactive ketones (excluding diaryl/α,β-unsaturated/α-hetero) is 1. The zero-order valence-electron chi connectivity index (χ0n) is 17.0. The molecule has 0 spiro atoms. The maximum Gasteiger partial charge on any atom is 0.223 e. The number of ketones is 1. The summed E-state index contributed by atoms with van der Waals surface area (Å²) in [5.74, 6) is 0.601. The molecule has 1 atom stereocenters. The van der Waals surface area contributed by atoms with Crippen LogP contribution in [0.4, 0.5) is 0 Å². The summed E-state index contributed by atoms with van der Waals surface area (Å²) in [6, 6.07) is 1.82. The minimum absolute atomic E-state index is 0.0423. The normalized spacial score (nSPS) is 23.0. The molecule has 0 saturated carbocycles. The number of carbonyl (C=O) groups is 2. The van der Waals surface area contributed by atoms with Gasteiger partial charge in [-0.15, -0.1) is 0 Å². The van der Waals surface area contributed by atoms with Crippen molar-refractivity contribution in [2.45, 2.75) is 46.1 Å². The number of sulfone groups is 1. The summed E-state index contributed by atoms with van der Waals surface area (Å²) in [6.07, 6.45) is 2.16. The number of nitrogens with zero attached hydrogens (tertiary/aromatic N) is 2. The number of piperidine rings is 1. The van der Waals surface area contributed by atoms with E-state index in [0.717, 1.165) is 37.3 Å². The van der Waals surface area contributed by atoms with Crippen molar-refractivity contribution in [2.75, 3.05) is 37.7 Å². The van der Waals surface area contributed by atoms with Crippen molar-refractivity contribution >= 4 is 21.5 Å². The first-order chi connectivity index (χ1) is 13.2. The molecule has 1 N–H and O–H groups in total. The second kappa shape index (κ2) is 8.37. The van der Waals surface area contributed by atoms with Crippen molar-refractivity contribution in [2.24, 2.45) is 5.92 Å². The molecule has 7 nitrogen and oxygen atoms in total. The maximum absolute atomic E-state index is 12.9. The maximum atomic E-state index is 12.9. The number of aryl methyl sites for hydroxylation is 1. The molecule has 1 aromatic heterocycles. The minimum atomic E-state index is -2.97. The average molecular weight is 410 g/mol. The molecule has 3 rings (SSSR count). The Hall–Kier alpha value is -1.67. The molecule has 0 radical (unpaired) electrons. The monoisotopic (exact) mass is 409 g/mol. The lowest BCUT2D eigenvalue weighted by molar-refractivity contribution is -0.126. The lowest BCUT2D eigenvalue weighted by Gasteiger charge is -2.30. The molecular formula is C20H31N3O4S. The highest BCUT2D eigenvalue weighted by atomic mass is 32.2. The van der Waals surface area contributed by atoms with Crippen LogP contribution in [0, 0.1) is 19.8 Å². The molecule has 2 fully saturated rings. The van der Waals surface area contributed by atoms with Crippen molar-refractivity contribution < 1.29 is 18.0 Å². The highest BCUT2D eigenvalue weighted by Gasteiger charge is 2.32. The van der Waals surface area contributed by atoms with Crippen LogP contribution in [-0.4, -0.2) is 67.3 Å². The predicted octanol–water partition coefficient (Wildman–Crippen LogP) is 1.50. The van der Waals surface area contributed by atoms with Gasteiger partial charge in [-0.25, -0.2) is 8.42 Å². The van der Waals surface area contributed by atoms with Crippen LogP contribution in [0.15, 0.2) is 6.07 Å². The molecule has 2 saturated heterocycles. The van der Waals surface area contributed by atoms with Gasteiger partial charge in [0.05, 0.1) is 18.1 Å². The van der Waals surface area contributed by atoms with Crippen LogP contribution in [-0.2, 0) is 14.6 Å². The second-order valence-electron chi connectivity index (χ2n) is 8.08. The molecule has 2 aliphatic heterocycles. The molecule has 0 aliphatic carbocycles. The quantitative estimate of drug-likeness (QED) is 0.719. The van der Waals surface area contributed by atoms with E-state index >= 15 is 0 Å². The van der Waals surface area contributed by atoms with E-state index in [-0.39, 0.29) is 35.2 Å². The van der Waals surface area contributed by atoms with E-state index in [4.69, 9.17) is 0 Å². The van der Waals surface area contributed by atoms with Crippen molar-refractivity contribution in [3.05, 3.63) is 23.0 Å². The molecule has 0 aromatic carbocycles. The molecule has 156 valence electrons. The molecule has 8 heteroatoms. The third-order valence-electron chi connectivity index (χ3n) is 6.03. The topological polar surface area (TPSA) is 88.5 Å². The number of hydrogen-bond donors (Lipinski definition) is 1. The fourth-order valence-corrected chi connectivity index (χ4v) is 6.26. The van der Waals surface area contributed by atoms with Gasteiger partial charge >= 0.3 is 0 Å². The number of likely N-dealkylation sites (tertiary alicyclic amines) is 1. The lowest BCUT2D eigenvalue weighted by Crippen LogP contribution is -2.42. The highest BCUT2D eigenvalue weighted by Crippen LogP contribution is 2.29. The molecule has 3 heterocycles. The Kier molecular flexibility index (Phi) is 6.29. The largest absolute Gasteiger partial charge is 0.356 e. The first kappa shape index (κ1) is 21.0. The lowest BCUT2D eigenvalue weighted by atomic mass is 9.95. The van der Waals surface area contributed by atoms with Crippen molar-refractivity contribution in [1.29, 1.82) is 0 Å². The van der Waals surface area contributed by atoms with E-state index in [1.165, 1.54) is 0 Å². The standard InChI is InChI=1S/C20H31N3O4S/c1-4-21-20(25)16-5-8-22(9-6-16)12-19(24)18-11-14(2)23(15(18)3)17-7-10-28(26,27)13-17/h11,16-17H,4-10,12-13H2,1-3H3,(H,21,25). The first-order valence-electron chi connectivity index (χ1n) is 10.1. The molecule has 1 aromatic rings. The number of nitrogens with one attached hydrogen (secondary N) is 1. The van der Waals surface area contributed by atoms with Gasteiger partial charge in [0, 0.05) is 35.5 Å². The fraction of sp³-hybridized carbons (Fsp3) is 0.700. The first-order valence-corrected chi connectivity index (χ1v) is 12.0. The molecule has 0 bridgehead atoms. The SMILES string of the molecule is CCNC(=O)C1CCN(CC(=O)c2cc(C)n(C3CCS(=O)(=O)C3)c2C)CC1. The van der Waals surface area contributed by atoms with Crippen LogP contribution in [0.5, 0.6) is 0 Å². The third kappa shape index (κ3) is 4.49. The Morgan fingerprint density at radius 2 is 1.86 bits per heavy atom. The van der Waals surface area contributed by atoms with Gasteiger partial charge in [-0.05, 0) is 59.2 Å². The Balaban J connectivity index is 1.63. The summed E-state index contributed by atoms with van der Waals surface area (Å²) in [6.45, 7) is 8.24. The fourth-order valence-electron chi connectivity index (χ4n) is 4.56. The zero-order valence-corrected chi connectivity index (χ0v) is 17.8. The second-order valence-corrected chi connectivity index (χ2v) is 10.3. The van der Waals surface area contributed by atoms with Gasteiger partial charge < -0.3 is 9.88 Å². The summed E-state index contributed by atoms with van der Waals surface area (Å²) >= 11 is 0. The Bertz CT molecular complexity index is 851. The summed E-state index contributed by atoms with van der Waals surface area (Å²) < 4.78 is 25.7. The number of hydrogen-bond acceptors (Lipinski definition) is 5. The third-order valence-corrected chi connectivity index (χ3v) is 7.79. The van der Waals surface area contributed by atoms with Gasteiger partial charge in [0.1, 0.15) is 0 Å².